The van der Waals surface area contributed by atoms with Crippen molar-refractivity contribution in [1.29, 1.82) is 0 Å². The first kappa shape index (κ1) is 56.6. The first-order valence-electron chi connectivity index (χ1n) is 15.8. The Kier molecular flexibility index (Phi) is 21.8. The second kappa shape index (κ2) is 23.8. The number of azo groups is 2. The molecule has 0 aliphatic rings. The van der Waals surface area contributed by atoms with Crippen LogP contribution in [-0.2, 0) is 39.0 Å². The zero-order valence-electron chi connectivity index (χ0n) is 33.3. The number of hydrogen-bond acceptors (Lipinski definition) is 22. The van der Waals surface area contributed by atoms with Crippen molar-refractivity contribution < 1.29 is 184 Å². The fourth-order valence-corrected chi connectivity index (χ4v) is 7.97. The number of rotatable bonds is 13. The molecule has 302 valence electrons. The van der Waals surface area contributed by atoms with Crippen LogP contribution in [0.1, 0.15) is 11.1 Å². The maximum absolute atomic E-state index is 12.2. The van der Waals surface area contributed by atoms with Crippen molar-refractivity contribution in [3.63, 3.8) is 0 Å². The van der Waals surface area contributed by atoms with E-state index in [4.69, 9.17) is 11.5 Å². The molecule has 6 N–H and O–H groups in total. The minimum atomic E-state index is -5.20. The maximum atomic E-state index is 12.2. The SMILES string of the molecule is Cc1cc(-c2ccc(N=Nc3c(S(=O)(=O)[O-])cc4cc(SOO[O-])cc(N)c4c3O)c(C)c2)ccc1N=Nc1c(SOO[O-])cc2cc(S(=O)(=O)[O-])cc(N)c2c1O.[Na+].[Na+].[Na+].[Na+]. The predicted octanol–water partition coefficient (Wildman–Crippen LogP) is -6.03. The van der Waals surface area contributed by atoms with Crippen LogP contribution in [0.25, 0.3) is 32.7 Å². The molecule has 0 fully saturated rings. The smallest absolute Gasteiger partial charge is 0.744 e. The second-order valence-corrected chi connectivity index (χ2v) is 16.4. The third-order valence-electron chi connectivity index (χ3n) is 8.42. The number of phenols is 2. The summed E-state index contributed by atoms with van der Waals surface area (Å²) in [6.45, 7) is 3.43. The van der Waals surface area contributed by atoms with Crippen LogP contribution >= 0.6 is 24.1 Å². The molecule has 6 rings (SSSR count). The van der Waals surface area contributed by atoms with Gasteiger partial charge in [-0.2, -0.15) is 18.9 Å². The van der Waals surface area contributed by atoms with E-state index in [1.807, 2.05) is 0 Å². The van der Waals surface area contributed by atoms with Gasteiger partial charge >= 0.3 is 118 Å². The van der Waals surface area contributed by atoms with E-state index < -0.39 is 47.2 Å². The maximum Gasteiger partial charge on any atom is 1.00 e. The van der Waals surface area contributed by atoms with Gasteiger partial charge in [0.1, 0.15) is 31.6 Å². The Balaban J connectivity index is 0.00000331. The Morgan fingerprint density at radius 2 is 1.08 bits per heavy atom. The Bertz CT molecular complexity index is 2930. The van der Waals surface area contributed by atoms with E-state index in [1.54, 1.807) is 50.2 Å². The summed E-state index contributed by atoms with van der Waals surface area (Å²) in [5.74, 6) is -1.27. The van der Waals surface area contributed by atoms with Gasteiger partial charge in [-0.05, 0) is 108 Å². The van der Waals surface area contributed by atoms with Gasteiger partial charge in [-0.15, -0.1) is 10.2 Å². The third kappa shape index (κ3) is 12.9. The first-order valence-corrected chi connectivity index (χ1v) is 20.1. The van der Waals surface area contributed by atoms with E-state index in [2.05, 4.69) is 39.2 Å². The second-order valence-electron chi connectivity index (χ2n) is 12.1. The predicted molar refractivity (Wildman–Crippen MR) is 202 cm³/mol. The van der Waals surface area contributed by atoms with Crippen molar-refractivity contribution in [1.82, 2.24) is 0 Å². The number of nitrogens with two attached hydrogens (primary N) is 2. The van der Waals surface area contributed by atoms with Gasteiger partial charge < -0.3 is 41.3 Å². The number of phenolic OH excluding ortho intramolecular Hbond substituents is 2. The minimum Gasteiger partial charge on any atom is -0.744 e. The molecule has 0 bridgehead atoms. The molecule has 0 atom stereocenters. The van der Waals surface area contributed by atoms with Crippen molar-refractivity contribution >= 4 is 100.0 Å². The molecule has 0 spiro atoms. The van der Waals surface area contributed by atoms with Crippen LogP contribution in [0.2, 0.25) is 0 Å². The molecule has 0 amide bonds. The number of aryl methyl sites for hydroxylation is 2. The molecule has 20 nitrogen and oxygen atoms in total. The fraction of sp³-hybridized carbons (Fsp3) is 0.0588. The van der Waals surface area contributed by atoms with Gasteiger partial charge in [0.2, 0.25) is 0 Å². The Morgan fingerprint density at radius 3 is 1.58 bits per heavy atom. The summed E-state index contributed by atoms with van der Waals surface area (Å²) in [6.07, 6.45) is 0. The standard InChI is InChI=1S/C34H28N6O14S4.4Na/c1-15-7-17(3-5-25(15)37-39-31-27(56-54-52-44)11-20-10-22(57(45,46)47)14-24(36)30(20)33(31)41)18-4-6-26(16(2)8-18)38-40-32-28(58(48,49)50)12-19-9-21(55-53-51-43)13-23(35)29(19)34(32)42;;;;/h3-14,41-44H,35-36H2,1-2H3,(H,45,46,47)(H,48,49,50);;;;/q;4*+1/p-4. The topological polar surface area (TPSA) is 339 Å². The number of nitrogens with zero attached hydrogens (tertiary/aromatic N) is 4. The molecule has 0 saturated carbocycles. The van der Waals surface area contributed by atoms with Crippen molar-refractivity contribution in [2.24, 2.45) is 20.5 Å². The summed E-state index contributed by atoms with van der Waals surface area (Å²) < 4.78 is 80.2. The van der Waals surface area contributed by atoms with Crippen molar-refractivity contribution in [3.05, 3.63) is 83.9 Å². The van der Waals surface area contributed by atoms with Crippen LogP contribution in [-0.4, -0.2) is 36.2 Å². The van der Waals surface area contributed by atoms with Crippen LogP contribution in [0.5, 0.6) is 11.5 Å². The quantitative estimate of drug-likeness (QED) is 0.0159. The number of anilines is 2. The van der Waals surface area contributed by atoms with E-state index in [-0.39, 0.29) is 172 Å². The van der Waals surface area contributed by atoms with E-state index in [1.165, 1.54) is 18.2 Å². The van der Waals surface area contributed by atoms with Crippen LogP contribution in [0, 0.1) is 13.8 Å². The molecule has 0 aliphatic carbocycles. The van der Waals surface area contributed by atoms with Gasteiger partial charge in [0.15, 0.2) is 11.5 Å². The van der Waals surface area contributed by atoms with Gasteiger partial charge in [-0.3, -0.25) is 10.1 Å². The Morgan fingerprint density at radius 1 is 0.597 bits per heavy atom. The van der Waals surface area contributed by atoms with E-state index in [0.717, 1.165) is 23.8 Å². The van der Waals surface area contributed by atoms with Crippen LogP contribution in [0.15, 0.2) is 113 Å². The van der Waals surface area contributed by atoms with Crippen molar-refractivity contribution in [2.75, 3.05) is 11.5 Å². The summed E-state index contributed by atoms with van der Waals surface area (Å²) >= 11 is 0.805. The van der Waals surface area contributed by atoms with Crippen molar-refractivity contribution in [2.45, 2.75) is 33.4 Å². The van der Waals surface area contributed by atoms with E-state index >= 15 is 0 Å². The molecule has 6 aromatic carbocycles. The number of aromatic hydroxyl groups is 2. The van der Waals surface area contributed by atoms with E-state index in [9.17, 15) is 46.7 Å². The fourth-order valence-electron chi connectivity index (χ4n) is 5.83. The Hall–Kier alpha value is -1.48. The molecular weight excluding hydrogens is 937 g/mol. The summed E-state index contributed by atoms with van der Waals surface area (Å²) in [4.78, 5) is -1.36. The average molecular weight is 961 g/mol. The summed E-state index contributed by atoms with van der Waals surface area (Å²) in [5.41, 5.74) is 14.1. The van der Waals surface area contributed by atoms with Gasteiger partial charge in [0.25, 0.3) is 0 Å². The minimum absolute atomic E-state index is 0. The van der Waals surface area contributed by atoms with Crippen LogP contribution < -0.4 is 140 Å². The third-order valence-corrected chi connectivity index (χ3v) is 11.2. The number of benzene rings is 6. The molecule has 0 unspecified atom stereocenters. The van der Waals surface area contributed by atoms with Crippen LogP contribution in [0.3, 0.4) is 0 Å². The van der Waals surface area contributed by atoms with Gasteiger partial charge in [-0.1, -0.05) is 12.1 Å². The number of nitrogen functional groups attached to an aromatic ring is 2. The zero-order valence-corrected chi connectivity index (χ0v) is 44.6. The molecule has 6 aromatic rings. The van der Waals surface area contributed by atoms with Crippen molar-refractivity contribution in [3.8, 4) is 22.6 Å². The molecule has 28 heteroatoms. The summed E-state index contributed by atoms with van der Waals surface area (Å²) in [5, 5.41) is 66.1. The molecule has 0 saturated heterocycles. The Labute approximate surface area is 449 Å². The molecule has 0 radical (unpaired) electrons. The van der Waals surface area contributed by atoms with E-state index in [0.29, 0.717) is 46.5 Å². The van der Waals surface area contributed by atoms with Gasteiger partial charge in [-0.25, -0.2) is 16.8 Å². The van der Waals surface area contributed by atoms with Gasteiger partial charge in [0, 0.05) is 27.0 Å². The molecule has 0 aromatic heterocycles. The number of fused-ring (bicyclic) bond motifs is 2. The average Bonchev–Trinajstić information content (AvgIpc) is 3.15. The number of hydrogen-bond donors (Lipinski definition) is 4. The monoisotopic (exact) mass is 960 g/mol. The van der Waals surface area contributed by atoms with Crippen LogP contribution in [0.4, 0.5) is 34.1 Å². The normalized spacial score (nSPS) is 11.6. The zero-order chi connectivity index (χ0) is 42.1. The van der Waals surface area contributed by atoms with Gasteiger partial charge in [0.05, 0.1) is 50.1 Å². The largest absolute Gasteiger partial charge is 1.00 e. The first-order chi connectivity index (χ1) is 27.4. The summed E-state index contributed by atoms with van der Waals surface area (Å²) in [7, 11) is -10.1. The molecule has 0 heterocycles. The summed E-state index contributed by atoms with van der Waals surface area (Å²) in [6, 6.07) is 16.9. The molecule has 62 heavy (non-hydrogen) atoms. The molecule has 0 aliphatic heterocycles. The molecular formula is C34H24N6Na4O14S4.